The zero-order valence-electron chi connectivity index (χ0n) is 6.79. The van der Waals surface area contributed by atoms with E-state index in [-0.39, 0.29) is 0 Å². The van der Waals surface area contributed by atoms with Crippen LogP contribution in [-0.4, -0.2) is 17.2 Å². The first-order chi connectivity index (χ1) is 5.65. The van der Waals surface area contributed by atoms with E-state index in [2.05, 4.69) is 22.6 Å². The van der Waals surface area contributed by atoms with Gasteiger partial charge in [-0.05, 0) is 46.1 Å². The largest absolute Gasteiger partial charge is 0.488 e. The standard InChI is InChI=1S/C8H10BIO2/c1-2-6-5-7(9(11)12)3-4-8(6)10/h3-5,11-12H,2H2,1H3. The molecule has 1 aromatic carbocycles. The third kappa shape index (κ3) is 2.21. The third-order valence-corrected chi connectivity index (χ3v) is 2.80. The highest BCUT2D eigenvalue weighted by Gasteiger charge is 2.11. The minimum absolute atomic E-state index is 0.562. The van der Waals surface area contributed by atoms with Crippen molar-refractivity contribution in [2.24, 2.45) is 0 Å². The summed E-state index contributed by atoms with van der Waals surface area (Å²) in [4.78, 5) is 0. The van der Waals surface area contributed by atoms with E-state index in [1.54, 1.807) is 6.07 Å². The van der Waals surface area contributed by atoms with Gasteiger partial charge >= 0.3 is 7.12 Å². The Labute approximate surface area is 85.9 Å². The molecule has 2 N–H and O–H groups in total. The van der Waals surface area contributed by atoms with Crippen molar-refractivity contribution in [1.29, 1.82) is 0 Å². The number of aryl methyl sites for hydroxylation is 1. The first kappa shape index (κ1) is 10.0. The van der Waals surface area contributed by atoms with E-state index >= 15 is 0 Å². The predicted molar refractivity (Wildman–Crippen MR) is 58.4 cm³/mol. The van der Waals surface area contributed by atoms with Crippen LogP contribution in [0.25, 0.3) is 0 Å². The molecule has 0 unspecified atom stereocenters. The van der Waals surface area contributed by atoms with Crippen molar-refractivity contribution in [3.63, 3.8) is 0 Å². The van der Waals surface area contributed by atoms with Crippen LogP contribution in [0.3, 0.4) is 0 Å². The summed E-state index contributed by atoms with van der Waals surface area (Å²) in [6, 6.07) is 5.45. The highest BCUT2D eigenvalue weighted by atomic mass is 127. The van der Waals surface area contributed by atoms with Gasteiger partial charge in [0, 0.05) is 3.57 Å². The minimum Gasteiger partial charge on any atom is -0.423 e. The molecule has 0 aliphatic rings. The average Bonchev–Trinajstić information content (AvgIpc) is 2.05. The maximum atomic E-state index is 8.89. The van der Waals surface area contributed by atoms with E-state index in [9.17, 15) is 0 Å². The van der Waals surface area contributed by atoms with E-state index < -0.39 is 7.12 Å². The molecule has 1 aromatic rings. The highest BCUT2D eigenvalue weighted by Crippen LogP contribution is 2.10. The van der Waals surface area contributed by atoms with Crippen LogP contribution < -0.4 is 5.46 Å². The molecule has 0 bridgehead atoms. The second kappa shape index (κ2) is 4.25. The smallest absolute Gasteiger partial charge is 0.423 e. The lowest BCUT2D eigenvalue weighted by atomic mass is 9.79. The Morgan fingerprint density at radius 3 is 2.58 bits per heavy atom. The van der Waals surface area contributed by atoms with E-state index in [0.717, 1.165) is 12.0 Å². The van der Waals surface area contributed by atoms with Crippen molar-refractivity contribution < 1.29 is 10.0 Å². The van der Waals surface area contributed by atoms with Crippen LogP contribution in [0, 0.1) is 3.57 Å². The molecule has 1 rings (SSSR count). The molecule has 0 aromatic heterocycles. The fourth-order valence-corrected chi connectivity index (χ4v) is 1.74. The monoisotopic (exact) mass is 276 g/mol. The predicted octanol–water partition coefficient (Wildman–Crippen LogP) is 0.533. The van der Waals surface area contributed by atoms with Gasteiger partial charge in [0.1, 0.15) is 0 Å². The van der Waals surface area contributed by atoms with Crippen molar-refractivity contribution in [2.75, 3.05) is 0 Å². The summed E-state index contributed by atoms with van der Waals surface area (Å²) in [5.74, 6) is 0. The molecule has 0 atom stereocenters. The quantitative estimate of drug-likeness (QED) is 0.611. The maximum absolute atomic E-state index is 8.89. The number of halogens is 1. The molecule has 0 spiro atoms. The normalized spacial score (nSPS) is 10.0. The third-order valence-electron chi connectivity index (χ3n) is 1.75. The lowest BCUT2D eigenvalue weighted by Crippen LogP contribution is -2.30. The summed E-state index contributed by atoms with van der Waals surface area (Å²) < 4.78 is 1.17. The molecule has 0 aliphatic carbocycles. The molecule has 64 valence electrons. The van der Waals surface area contributed by atoms with Gasteiger partial charge in [-0.2, -0.15) is 0 Å². The van der Waals surface area contributed by atoms with Gasteiger partial charge in [-0.25, -0.2) is 0 Å². The van der Waals surface area contributed by atoms with Gasteiger partial charge in [-0.3, -0.25) is 0 Å². The van der Waals surface area contributed by atoms with Crippen LogP contribution in [0.2, 0.25) is 0 Å². The van der Waals surface area contributed by atoms with Gasteiger partial charge in [0.05, 0.1) is 0 Å². The second-order valence-corrected chi connectivity index (χ2v) is 3.74. The van der Waals surface area contributed by atoms with E-state index in [0.29, 0.717) is 5.46 Å². The number of hydrogen-bond acceptors (Lipinski definition) is 2. The lowest BCUT2D eigenvalue weighted by molar-refractivity contribution is 0.425. The van der Waals surface area contributed by atoms with Crippen LogP contribution in [0.5, 0.6) is 0 Å². The first-order valence-corrected chi connectivity index (χ1v) is 4.87. The van der Waals surface area contributed by atoms with Gasteiger partial charge < -0.3 is 10.0 Å². The Bertz CT molecular complexity index is 276. The van der Waals surface area contributed by atoms with Gasteiger partial charge in [0.15, 0.2) is 0 Å². The van der Waals surface area contributed by atoms with E-state index in [1.807, 2.05) is 19.1 Å². The summed E-state index contributed by atoms with van der Waals surface area (Å²) in [6.45, 7) is 2.05. The van der Waals surface area contributed by atoms with Gasteiger partial charge in [-0.15, -0.1) is 0 Å². The fraction of sp³-hybridized carbons (Fsp3) is 0.250. The van der Waals surface area contributed by atoms with Crippen LogP contribution in [0.4, 0.5) is 0 Å². The summed E-state index contributed by atoms with van der Waals surface area (Å²) in [6.07, 6.45) is 0.916. The van der Waals surface area contributed by atoms with Crippen LogP contribution in [0.15, 0.2) is 18.2 Å². The summed E-state index contributed by atoms with van der Waals surface area (Å²) in [5, 5.41) is 17.8. The molecule has 0 saturated carbocycles. The van der Waals surface area contributed by atoms with Crippen molar-refractivity contribution in [3.8, 4) is 0 Å². The Hall–Kier alpha value is -0.0651. The van der Waals surface area contributed by atoms with E-state index in [4.69, 9.17) is 10.0 Å². The highest BCUT2D eigenvalue weighted by molar-refractivity contribution is 14.1. The van der Waals surface area contributed by atoms with Crippen molar-refractivity contribution in [2.45, 2.75) is 13.3 Å². The average molecular weight is 276 g/mol. The molecule has 0 saturated heterocycles. The van der Waals surface area contributed by atoms with Crippen molar-refractivity contribution >= 4 is 35.2 Å². The first-order valence-electron chi connectivity index (χ1n) is 3.79. The molecule has 2 nitrogen and oxygen atoms in total. The summed E-state index contributed by atoms with van der Waals surface area (Å²) in [7, 11) is -1.35. The topological polar surface area (TPSA) is 40.5 Å². The van der Waals surface area contributed by atoms with E-state index in [1.165, 1.54) is 3.57 Å². The minimum atomic E-state index is -1.35. The van der Waals surface area contributed by atoms with Crippen LogP contribution in [-0.2, 0) is 6.42 Å². The number of benzene rings is 1. The molecule has 0 fully saturated rings. The SMILES string of the molecule is CCc1cc(B(O)O)ccc1I. The summed E-state index contributed by atoms with van der Waals surface area (Å²) in [5.41, 5.74) is 1.72. The van der Waals surface area contributed by atoms with Gasteiger partial charge in [0.2, 0.25) is 0 Å². The molecule has 4 heteroatoms. The van der Waals surface area contributed by atoms with Gasteiger partial charge in [-0.1, -0.05) is 19.1 Å². The van der Waals surface area contributed by atoms with Crippen molar-refractivity contribution in [3.05, 3.63) is 27.3 Å². The van der Waals surface area contributed by atoms with Crippen LogP contribution in [0.1, 0.15) is 12.5 Å². The molecular weight excluding hydrogens is 266 g/mol. The maximum Gasteiger partial charge on any atom is 0.488 e. The van der Waals surface area contributed by atoms with Crippen LogP contribution >= 0.6 is 22.6 Å². The Balaban J connectivity index is 3.05. The zero-order valence-corrected chi connectivity index (χ0v) is 8.95. The zero-order chi connectivity index (χ0) is 9.14. The molecule has 12 heavy (non-hydrogen) atoms. The molecule has 0 amide bonds. The fourth-order valence-electron chi connectivity index (χ4n) is 1.03. The number of hydrogen-bond donors (Lipinski definition) is 2. The Morgan fingerprint density at radius 1 is 1.42 bits per heavy atom. The Morgan fingerprint density at radius 2 is 2.08 bits per heavy atom. The molecule has 0 aliphatic heterocycles. The number of rotatable bonds is 2. The molecule has 0 radical (unpaired) electrons. The molecular formula is C8H10BIO2. The summed E-state index contributed by atoms with van der Waals surface area (Å²) >= 11 is 2.24. The van der Waals surface area contributed by atoms with Gasteiger partial charge in [0.25, 0.3) is 0 Å². The second-order valence-electron chi connectivity index (χ2n) is 2.58. The lowest BCUT2D eigenvalue weighted by Gasteiger charge is -2.04. The van der Waals surface area contributed by atoms with Crippen molar-refractivity contribution in [1.82, 2.24) is 0 Å². The Kier molecular flexibility index (Phi) is 3.55. The molecule has 0 heterocycles.